The Kier molecular flexibility index (Phi) is 14600. The second-order valence-electron chi connectivity index (χ2n) is 0.300. The summed E-state index contributed by atoms with van der Waals surface area (Å²) in [5.74, 6) is 0. The Morgan fingerprint density at radius 1 is 0.244 bits per heavy atom. The van der Waals surface area contributed by atoms with Gasteiger partial charge in [-0.1, -0.05) is 0 Å². The van der Waals surface area contributed by atoms with Crippen molar-refractivity contribution in [3.05, 3.63) is 111 Å². The van der Waals surface area contributed by atoms with Crippen molar-refractivity contribution >= 4 is 27.1 Å². The zero-order valence-corrected chi connectivity index (χ0v) is 48.1. The van der Waals surface area contributed by atoms with Crippen molar-refractivity contribution in [1.29, 1.82) is 0 Å². The third-order valence-corrected chi connectivity index (χ3v) is 0. The summed E-state index contributed by atoms with van der Waals surface area (Å²) in [6.07, 6.45) is 0. The molecule has 0 atom stereocenters. The fourth-order valence-corrected chi connectivity index (χ4v) is 0. The first kappa shape index (κ1) is 524. The number of aliphatic hydroxyl groups is 3. The molecule has 0 aliphatic rings. The van der Waals surface area contributed by atoms with Crippen LogP contribution in [0.4, 0.5) is 0 Å². The van der Waals surface area contributed by atoms with Gasteiger partial charge in [0.1, 0.15) is 27.1 Å². The summed E-state index contributed by atoms with van der Waals surface area (Å²) in [7, 11) is 0.250. The van der Waals surface area contributed by atoms with Crippen molar-refractivity contribution in [3.63, 3.8) is 0 Å². The minimum Gasteiger partial charge on any atom is -0.412 e. The molecule has 0 heterocycles. The van der Waals surface area contributed by atoms with Crippen molar-refractivity contribution in [2.45, 2.75) is 0 Å². The predicted octanol–water partition coefficient (Wildman–Crippen LogP) is -0.952. The molecule has 0 aliphatic carbocycles. The van der Waals surface area contributed by atoms with Gasteiger partial charge in [0, 0.05) is 108 Å². The maximum atomic E-state index is 7.15. The van der Waals surface area contributed by atoms with Crippen molar-refractivity contribution in [1.82, 2.24) is 0 Å². The van der Waals surface area contributed by atoms with Crippen molar-refractivity contribution in [2.75, 3.05) is 21.3 Å². The zero-order valence-electron chi connectivity index (χ0n) is 31.0. The summed E-state index contributed by atoms with van der Waals surface area (Å²) in [6.45, 7) is 0. The molecule has 15 nitrogen and oxygen atoms in total. The van der Waals surface area contributed by atoms with E-state index in [9.17, 15) is 0 Å². The van der Waals surface area contributed by atoms with Crippen LogP contribution in [0.1, 0.15) is 0 Å². The van der Waals surface area contributed by atoms with E-state index in [1.807, 2.05) is 0 Å². The van der Waals surface area contributed by atoms with Gasteiger partial charge >= 0.3 is 109 Å². The SMILES string of the molecule is CO.CO.CO.O.O.O.O.O.O.OPO.OPO.OPO.[CH3-].[CH3-].[CH3-].[CH3-].[CH3-].[CH3-].[CH3-].[CH3-].[CH3-].[CH3-].[CH3-].[CH3-].[CH3-].[CH3-].[CH3-].[Ti+2].[Ti+2].[Ti+2].[Ti+2].[Ti+3].[Ti].[Ti].[Ti].[Ti]. The molecule has 0 amide bonds. The summed E-state index contributed by atoms with van der Waals surface area (Å²) in [5.41, 5.74) is 0. The first-order valence-electron chi connectivity index (χ1n) is 2.68. The van der Waals surface area contributed by atoms with Crippen LogP contribution in [0.5, 0.6) is 0 Å². The van der Waals surface area contributed by atoms with Gasteiger partial charge in [0.15, 0.2) is 0 Å². The molecule has 0 bridgehead atoms. The fraction of sp³-hybridized carbons (Fsp3) is 0.167. The molecule has 0 rings (SSSR count). The molecule has 45 heavy (non-hydrogen) atoms. The summed E-state index contributed by atoms with van der Waals surface area (Å²) in [6, 6.07) is 0. The molecule has 0 unspecified atom stereocenters. The van der Waals surface area contributed by atoms with E-state index in [-0.39, 0.29) is 340 Å². The molecule has 21 N–H and O–H groups in total. The van der Waals surface area contributed by atoms with Crippen LogP contribution >= 0.6 is 27.1 Å². The molecule has 295 valence electrons. The molecular formula is C18H78O15P3Ti9-4. The Hall–Kier alpha value is 7.12. The van der Waals surface area contributed by atoms with Gasteiger partial charge in [0.2, 0.25) is 0 Å². The van der Waals surface area contributed by atoms with E-state index in [0.717, 1.165) is 21.3 Å². The van der Waals surface area contributed by atoms with E-state index in [4.69, 9.17) is 44.7 Å². The number of hydrogen-bond donors (Lipinski definition) is 9. The summed E-state index contributed by atoms with van der Waals surface area (Å²) >= 11 is 0. The first-order valence-corrected chi connectivity index (χ1v) is 5.37. The van der Waals surface area contributed by atoms with Gasteiger partial charge in [-0.3, -0.25) is 0 Å². The average molecular weight is 1060 g/mol. The van der Waals surface area contributed by atoms with Gasteiger partial charge in [-0.2, -0.15) is 0 Å². The third-order valence-electron chi connectivity index (χ3n) is 0. The molecule has 0 saturated heterocycles. The van der Waals surface area contributed by atoms with Gasteiger partial charge in [0.25, 0.3) is 0 Å². The summed E-state index contributed by atoms with van der Waals surface area (Å²) in [4.78, 5) is 42.9. The van der Waals surface area contributed by atoms with Crippen molar-refractivity contribution in [3.8, 4) is 0 Å². The number of aliphatic hydroxyl groups excluding tert-OH is 3. The molecule has 0 saturated carbocycles. The molecule has 0 aromatic heterocycles. The van der Waals surface area contributed by atoms with Crippen molar-refractivity contribution < 1.29 is 273 Å². The summed E-state index contributed by atoms with van der Waals surface area (Å²) in [5, 5.41) is 21.0. The van der Waals surface area contributed by atoms with Gasteiger partial charge in [-0.15, -0.1) is 0 Å². The number of rotatable bonds is 0. The fourth-order valence-electron chi connectivity index (χ4n) is 0. The van der Waals surface area contributed by atoms with Gasteiger partial charge in [0.05, 0.1) is 0 Å². The van der Waals surface area contributed by atoms with Crippen LogP contribution in [0.3, 0.4) is 0 Å². The van der Waals surface area contributed by atoms with Gasteiger partial charge in [-0.05, 0) is 0 Å². The van der Waals surface area contributed by atoms with E-state index < -0.39 is 27.1 Å². The third kappa shape index (κ3) is 2430. The Morgan fingerprint density at radius 3 is 0.244 bits per heavy atom. The zero-order chi connectivity index (χ0) is 14.1. The van der Waals surface area contributed by atoms with Crippen LogP contribution in [-0.4, -0.2) is 98.9 Å². The van der Waals surface area contributed by atoms with E-state index in [1.54, 1.807) is 0 Å². The summed E-state index contributed by atoms with van der Waals surface area (Å²) < 4.78 is 0. The molecule has 0 aliphatic heterocycles. The molecule has 0 spiro atoms. The van der Waals surface area contributed by atoms with E-state index in [0.29, 0.717) is 0 Å². The van der Waals surface area contributed by atoms with Gasteiger partial charge in [-0.25, -0.2) is 0 Å². The minimum absolute atomic E-state index is 0. The van der Waals surface area contributed by atoms with E-state index >= 15 is 0 Å². The van der Waals surface area contributed by atoms with Crippen LogP contribution in [-0.2, 0) is 195 Å². The van der Waals surface area contributed by atoms with E-state index in [1.165, 1.54) is 0 Å². The van der Waals surface area contributed by atoms with Crippen LogP contribution < -0.4 is 0 Å². The molecule has 1 radical (unpaired) electrons. The Labute approximate surface area is 426 Å². The first-order chi connectivity index (χ1) is 7.24. The molecule has 0 aromatic rings. The predicted molar refractivity (Wildman–Crippen MR) is 181 cm³/mol. The maximum absolute atomic E-state index is 7.15. The number of hydrogen-bond acceptors (Lipinski definition) is 9. The van der Waals surface area contributed by atoms with Crippen LogP contribution in [0, 0.1) is 111 Å². The normalized spacial score (nSPS) is 1.60. The Balaban J connectivity index is -0.000000000563. The molecule has 27 heteroatoms. The smallest absolute Gasteiger partial charge is 0.412 e. The Morgan fingerprint density at radius 2 is 0.244 bits per heavy atom. The Bertz CT molecular complexity index is 84.9. The second-order valence-corrected chi connectivity index (χ2v) is 0.900. The van der Waals surface area contributed by atoms with Gasteiger partial charge < -0.3 is 189 Å². The van der Waals surface area contributed by atoms with Crippen LogP contribution in [0.2, 0.25) is 0 Å². The maximum Gasteiger partial charge on any atom is 3.00 e. The van der Waals surface area contributed by atoms with Crippen molar-refractivity contribution in [2.24, 2.45) is 0 Å². The topological polar surface area (TPSA) is 371 Å². The molecular weight excluding hydrogens is 980 g/mol. The molecule has 0 aromatic carbocycles. The average Bonchev–Trinajstić information content (AvgIpc) is 2.29. The van der Waals surface area contributed by atoms with Crippen LogP contribution in [0.25, 0.3) is 0 Å². The van der Waals surface area contributed by atoms with E-state index in [2.05, 4.69) is 0 Å². The minimum atomic E-state index is -0.917. The molecule has 0 fully saturated rings. The largest absolute Gasteiger partial charge is 3.00 e. The van der Waals surface area contributed by atoms with Crippen LogP contribution in [0.15, 0.2) is 0 Å². The monoisotopic (exact) mass is 1060 g/mol. The standard InChI is InChI=1S/3CH4O.15CH3.3H3O2P.6H2O.9Ti/c3*1-2;;;;;;;;;;;;;;;;3*1-3-2;;;;;;;;;;;;;;;/h3*2H,1H3;15*1H3;3*1-3H;6*1H2;;;;;;;;;/q;;;15*-1;;;;;;;;;;;;;;4*+2;+3. The quantitative estimate of drug-likeness (QED) is 0.0819. The second kappa shape index (κ2) is 1250.